The van der Waals surface area contributed by atoms with Crippen LogP contribution in [0.4, 0.5) is 0 Å². The molecule has 0 fully saturated rings. The second-order valence-corrected chi connectivity index (χ2v) is 16.7. The second kappa shape index (κ2) is 42.1. The number of unbranched alkanes of at least 4 members (excludes halogenated alkanes) is 21. The summed E-state index contributed by atoms with van der Waals surface area (Å²) in [6.07, 6.45) is 40.9. The van der Waals surface area contributed by atoms with Gasteiger partial charge in [-0.2, -0.15) is 0 Å². The Morgan fingerprint density at radius 1 is 0.358 bits per heavy atom. The van der Waals surface area contributed by atoms with E-state index in [-0.39, 0.29) is 11.9 Å². The molecule has 0 aromatic rings. The van der Waals surface area contributed by atoms with Crippen molar-refractivity contribution in [2.24, 2.45) is 11.8 Å². The first-order valence-corrected chi connectivity index (χ1v) is 24.0. The van der Waals surface area contributed by atoms with E-state index in [9.17, 15) is 9.59 Å². The molecular weight excluding hydrogens is 655 g/mol. The summed E-state index contributed by atoms with van der Waals surface area (Å²) in [6.45, 7) is 16.0. The first-order valence-electron chi connectivity index (χ1n) is 24.0. The Labute approximate surface area is 332 Å². The predicted molar refractivity (Wildman–Crippen MR) is 231 cm³/mol. The van der Waals surface area contributed by atoms with E-state index in [0.717, 1.165) is 58.2 Å². The van der Waals surface area contributed by atoms with Gasteiger partial charge in [0, 0.05) is 12.8 Å². The predicted octanol–water partition coefficient (Wildman–Crippen LogP) is 15.0. The highest BCUT2D eigenvalue weighted by molar-refractivity contribution is 5.69. The van der Waals surface area contributed by atoms with Crippen LogP contribution in [0.15, 0.2) is 0 Å². The lowest BCUT2D eigenvalue weighted by molar-refractivity contribution is -0.146. The molecule has 0 aliphatic carbocycles. The van der Waals surface area contributed by atoms with Crippen LogP contribution in [0.5, 0.6) is 0 Å². The number of esters is 2. The van der Waals surface area contributed by atoms with Gasteiger partial charge < -0.3 is 14.4 Å². The highest BCUT2D eigenvalue weighted by Gasteiger charge is 2.14. The standard InChI is InChI=1S/C48H95NO4/c1-6-11-16-20-22-28-36-45(34-26-18-13-8-3)43-52-47(50)38-30-24-32-41-49(40-15-10-5)42-33-25-31-39-48(51)53-44-46(35-27-19-14-9-4)37-29-23-21-17-12-7-2/h45-46H,6-44H2,1-5H3. The van der Waals surface area contributed by atoms with Crippen LogP contribution < -0.4 is 0 Å². The molecule has 0 aliphatic rings. The zero-order valence-electron chi connectivity index (χ0n) is 36.8. The number of ether oxygens (including phenoxy) is 2. The first kappa shape index (κ1) is 51.9. The quantitative estimate of drug-likeness (QED) is 0.0459. The van der Waals surface area contributed by atoms with Crippen LogP contribution in [-0.4, -0.2) is 49.7 Å². The average Bonchev–Trinajstić information content (AvgIpc) is 3.16. The fourth-order valence-electron chi connectivity index (χ4n) is 7.61. The first-order chi connectivity index (χ1) is 26.0. The van der Waals surface area contributed by atoms with E-state index in [4.69, 9.17) is 9.47 Å². The Morgan fingerprint density at radius 2 is 0.642 bits per heavy atom. The van der Waals surface area contributed by atoms with Crippen molar-refractivity contribution in [3.8, 4) is 0 Å². The number of hydrogen-bond donors (Lipinski definition) is 0. The molecule has 0 saturated heterocycles. The minimum atomic E-state index is 0.00756. The van der Waals surface area contributed by atoms with E-state index in [1.54, 1.807) is 0 Å². The van der Waals surface area contributed by atoms with E-state index >= 15 is 0 Å². The van der Waals surface area contributed by atoms with Crippen LogP contribution in [0.1, 0.15) is 253 Å². The summed E-state index contributed by atoms with van der Waals surface area (Å²) >= 11 is 0. The molecule has 53 heavy (non-hydrogen) atoms. The van der Waals surface area contributed by atoms with Crippen LogP contribution in [0.25, 0.3) is 0 Å². The third-order valence-electron chi connectivity index (χ3n) is 11.4. The number of hydrogen-bond acceptors (Lipinski definition) is 5. The fraction of sp³-hybridized carbons (Fsp3) is 0.958. The van der Waals surface area contributed by atoms with Crippen LogP contribution in [-0.2, 0) is 19.1 Å². The molecule has 2 atom stereocenters. The van der Waals surface area contributed by atoms with E-state index < -0.39 is 0 Å². The van der Waals surface area contributed by atoms with Gasteiger partial charge in [-0.3, -0.25) is 9.59 Å². The second-order valence-electron chi connectivity index (χ2n) is 16.7. The number of carbonyl (C=O) groups excluding carboxylic acids is 2. The summed E-state index contributed by atoms with van der Waals surface area (Å²) in [5.41, 5.74) is 0. The SMILES string of the molecule is CCCCCCCCC(CCCCCC)COC(=O)CCCCCN(CCCC)CCCCCC(=O)OCC(CCCCCC)CCCCCCCC. The summed E-state index contributed by atoms with van der Waals surface area (Å²) < 4.78 is 11.7. The third-order valence-corrected chi connectivity index (χ3v) is 11.4. The zero-order chi connectivity index (χ0) is 38.9. The summed E-state index contributed by atoms with van der Waals surface area (Å²) in [6, 6.07) is 0. The third kappa shape index (κ3) is 37.6. The molecule has 316 valence electrons. The van der Waals surface area contributed by atoms with E-state index in [2.05, 4.69) is 39.5 Å². The molecule has 0 bridgehead atoms. The van der Waals surface area contributed by atoms with Crippen LogP contribution in [0.2, 0.25) is 0 Å². The van der Waals surface area contributed by atoms with Gasteiger partial charge in [0.1, 0.15) is 0 Å². The van der Waals surface area contributed by atoms with Crippen molar-refractivity contribution < 1.29 is 19.1 Å². The molecule has 0 aromatic carbocycles. The molecule has 0 aromatic heterocycles. The molecule has 0 radical (unpaired) electrons. The summed E-state index contributed by atoms with van der Waals surface area (Å²) in [5.74, 6) is 1.09. The molecule has 0 heterocycles. The van der Waals surface area contributed by atoms with Crippen LogP contribution >= 0.6 is 0 Å². The van der Waals surface area contributed by atoms with Gasteiger partial charge in [0.2, 0.25) is 0 Å². The monoisotopic (exact) mass is 750 g/mol. The summed E-state index contributed by atoms with van der Waals surface area (Å²) in [4.78, 5) is 27.8. The van der Waals surface area contributed by atoms with Gasteiger partial charge in [-0.05, 0) is 89.3 Å². The minimum absolute atomic E-state index is 0.00756. The van der Waals surface area contributed by atoms with E-state index in [0.29, 0.717) is 37.9 Å². The van der Waals surface area contributed by atoms with Gasteiger partial charge >= 0.3 is 11.9 Å². The van der Waals surface area contributed by atoms with Crippen LogP contribution in [0, 0.1) is 11.8 Å². The fourth-order valence-corrected chi connectivity index (χ4v) is 7.61. The van der Waals surface area contributed by atoms with Crippen LogP contribution in [0.3, 0.4) is 0 Å². The van der Waals surface area contributed by atoms with Gasteiger partial charge in [0.05, 0.1) is 13.2 Å². The Kier molecular flexibility index (Phi) is 41.2. The summed E-state index contributed by atoms with van der Waals surface area (Å²) in [7, 11) is 0. The molecule has 5 heteroatoms. The molecule has 0 aliphatic heterocycles. The zero-order valence-corrected chi connectivity index (χ0v) is 36.8. The van der Waals surface area contributed by atoms with Crippen molar-refractivity contribution in [2.75, 3.05) is 32.8 Å². The number of nitrogens with zero attached hydrogens (tertiary/aromatic N) is 1. The van der Waals surface area contributed by atoms with Gasteiger partial charge in [0.15, 0.2) is 0 Å². The van der Waals surface area contributed by atoms with Gasteiger partial charge in [-0.1, -0.05) is 182 Å². The normalized spacial score (nSPS) is 12.7. The lowest BCUT2D eigenvalue weighted by atomic mass is 9.95. The van der Waals surface area contributed by atoms with Crippen molar-refractivity contribution in [2.45, 2.75) is 253 Å². The van der Waals surface area contributed by atoms with E-state index in [1.807, 2.05) is 0 Å². The van der Waals surface area contributed by atoms with Crippen molar-refractivity contribution in [1.29, 1.82) is 0 Å². The molecule has 2 unspecified atom stereocenters. The van der Waals surface area contributed by atoms with Crippen molar-refractivity contribution in [3.05, 3.63) is 0 Å². The number of carbonyl (C=O) groups is 2. The van der Waals surface area contributed by atoms with Gasteiger partial charge in [-0.15, -0.1) is 0 Å². The lowest BCUT2D eigenvalue weighted by Gasteiger charge is -2.22. The molecule has 0 spiro atoms. The molecule has 5 nitrogen and oxygen atoms in total. The Bertz CT molecular complexity index is 700. The topological polar surface area (TPSA) is 55.8 Å². The van der Waals surface area contributed by atoms with Crippen molar-refractivity contribution >= 4 is 11.9 Å². The van der Waals surface area contributed by atoms with Gasteiger partial charge in [-0.25, -0.2) is 0 Å². The van der Waals surface area contributed by atoms with E-state index in [1.165, 1.54) is 167 Å². The van der Waals surface area contributed by atoms with Crippen molar-refractivity contribution in [1.82, 2.24) is 4.90 Å². The maximum Gasteiger partial charge on any atom is 0.305 e. The minimum Gasteiger partial charge on any atom is -0.465 e. The average molecular weight is 750 g/mol. The van der Waals surface area contributed by atoms with Gasteiger partial charge in [0.25, 0.3) is 0 Å². The molecular formula is C48H95NO4. The molecule has 0 saturated carbocycles. The molecule has 0 amide bonds. The molecule has 0 N–H and O–H groups in total. The lowest BCUT2D eigenvalue weighted by Crippen LogP contribution is -2.27. The highest BCUT2D eigenvalue weighted by atomic mass is 16.5. The number of rotatable bonds is 43. The Balaban J connectivity index is 4.31. The van der Waals surface area contributed by atoms with Crippen molar-refractivity contribution in [3.63, 3.8) is 0 Å². The smallest absolute Gasteiger partial charge is 0.305 e. The Hall–Kier alpha value is -1.10. The maximum atomic E-state index is 12.6. The Morgan fingerprint density at radius 3 is 1.00 bits per heavy atom. The molecule has 0 rings (SSSR count). The highest BCUT2D eigenvalue weighted by Crippen LogP contribution is 2.21. The summed E-state index contributed by atoms with van der Waals surface area (Å²) in [5, 5.41) is 0. The largest absolute Gasteiger partial charge is 0.465 e. The maximum absolute atomic E-state index is 12.6.